The summed E-state index contributed by atoms with van der Waals surface area (Å²) in [5, 5.41) is 0. The maximum atomic E-state index is 11.0. The zero-order valence-electron chi connectivity index (χ0n) is 9.95. The maximum Gasteiger partial charge on any atom is 0.148 e. The van der Waals surface area contributed by atoms with Gasteiger partial charge in [0.15, 0.2) is 0 Å². The van der Waals surface area contributed by atoms with Crippen LogP contribution < -0.4 is 0 Å². The Balaban J connectivity index is 4.11. The highest BCUT2D eigenvalue weighted by Crippen LogP contribution is 2.04. The Morgan fingerprint density at radius 1 is 1.14 bits per heavy atom. The van der Waals surface area contributed by atoms with Crippen LogP contribution in [0.3, 0.4) is 0 Å². The van der Waals surface area contributed by atoms with Gasteiger partial charge >= 0.3 is 0 Å². The van der Waals surface area contributed by atoms with Gasteiger partial charge in [0.25, 0.3) is 0 Å². The molecule has 0 aromatic carbocycles. The van der Waals surface area contributed by atoms with Gasteiger partial charge in [-0.25, -0.2) is 8.42 Å². The van der Waals surface area contributed by atoms with E-state index in [0.717, 1.165) is 6.54 Å². The van der Waals surface area contributed by atoms with E-state index in [-0.39, 0.29) is 5.75 Å². The van der Waals surface area contributed by atoms with Crippen molar-refractivity contribution >= 4 is 9.84 Å². The molecule has 0 aliphatic carbocycles. The van der Waals surface area contributed by atoms with E-state index in [1.165, 1.54) is 6.26 Å². The minimum Gasteiger partial charge on any atom is -0.300 e. The van der Waals surface area contributed by atoms with E-state index in [0.29, 0.717) is 18.5 Å². The molecular formula is C10H23NO2S. The first kappa shape index (κ1) is 13.9. The van der Waals surface area contributed by atoms with E-state index < -0.39 is 9.84 Å². The third-order valence-corrected chi connectivity index (χ3v) is 3.00. The van der Waals surface area contributed by atoms with E-state index in [1.807, 2.05) is 0 Å². The molecule has 0 atom stereocenters. The fourth-order valence-corrected chi connectivity index (χ4v) is 1.88. The fraction of sp³-hybridized carbons (Fsp3) is 1.00. The smallest absolute Gasteiger partial charge is 0.148 e. The molecule has 0 aliphatic rings. The molecule has 0 aromatic heterocycles. The van der Waals surface area contributed by atoms with Gasteiger partial charge in [0.05, 0.1) is 5.75 Å². The second-order valence-electron chi connectivity index (χ2n) is 4.61. The van der Waals surface area contributed by atoms with Crippen LogP contribution in [0.15, 0.2) is 0 Å². The van der Waals surface area contributed by atoms with Crippen LogP contribution in [0.2, 0.25) is 0 Å². The number of rotatable bonds is 6. The Hall–Kier alpha value is -0.0900. The Kier molecular flexibility index (Phi) is 5.67. The SMILES string of the molecule is CC(C)CN(CCS(C)(=O)=O)C(C)C. The molecule has 0 amide bonds. The van der Waals surface area contributed by atoms with Crippen molar-refractivity contribution in [3.8, 4) is 0 Å². The third kappa shape index (κ3) is 7.33. The summed E-state index contributed by atoms with van der Waals surface area (Å²) in [6.45, 7) is 10.1. The Bertz CT molecular complexity index is 245. The molecular weight excluding hydrogens is 198 g/mol. The lowest BCUT2D eigenvalue weighted by Gasteiger charge is -2.27. The molecule has 0 unspecified atom stereocenters. The molecule has 0 bridgehead atoms. The summed E-state index contributed by atoms with van der Waals surface area (Å²) >= 11 is 0. The van der Waals surface area contributed by atoms with Crippen molar-refractivity contribution in [2.75, 3.05) is 25.1 Å². The van der Waals surface area contributed by atoms with Crippen molar-refractivity contribution in [1.29, 1.82) is 0 Å². The van der Waals surface area contributed by atoms with Gasteiger partial charge in [-0.2, -0.15) is 0 Å². The Morgan fingerprint density at radius 3 is 1.93 bits per heavy atom. The van der Waals surface area contributed by atoms with E-state index in [9.17, 15) is 8.42 Å². The lowest BCUT2D eigenvalue weighted by molar-refractivity contribution is 0.209. The van der Waals surface area contributed by atoms with Crippen LogP contribution in [-0.4, -0.2) is 44.5 Å². The van der Waals surface area contributed by atoms with E-state index >= 15 is 0 Å². The maximum absolute atomic E-state index is 11.0. The van der Waals surface area contributed by atoms with Crippen LogP contribution >= 0.6 is 0 Å². The molecule has 0 saturated carbocycles. The predicted octanol–water partition coefficient (Wildman–Crippen LogP) is 1.40. The molecule has 0 aromatic rings. The normalized spacial score (nSPS) is 13.1. The van der Waals surface area contributed by atoms with Gasteiger partial charge < -0.3 is 0 Å². The highest BCUT2D eigenvalue weighted by Gasteiger charge is 2.13. The minimum atomic E-state index is -2.83. The second-order valence-corrected chi connectivity index (χ2v) is 6.87. The van der Waals surface area contributed by atoms with Crippen molar-refractivity contribution < 1.29 is 8.42 Å². The van der Waals surface area contributed by atoms with Crippen LogP contribution in [0, 0.1) is 5.92 Å². The molecule has 0 aliphatic heterocycles. The van der Waals surface area contributed by atoms with Crippen molar-refractivity contribution in [2.45, 2.75) is 33.7 Å². The molecule has 0 fully saturated rings. The molecule has 0 rings (SSSR count). The molecule has 0 radical (unpaired) electrons. The lowest BCUT2D eigenvalue weighted by Crippen LogP contribution is -2.37. The number of hydrogen-bond acceptors (Lipinski definition) is 3. The number of hydrogen-bond donors (Lipinski definition) is 0. The predicted molar refractivity (Wildman–Crippen MR) is 61.3 cm³/mol. The highest BCUT2D eigenvalue weighted by atomic mass is 32.2. The Labute approximate surface area is 88.4 Å². The fourth-order valence-electron chi connectivity index (χ4n) is 1.31. The summed E-state index contributed by atoms with van der Waals surface area (Å²) in [6.07, 6.45) is 1.29. The van der Waals surface area contributed by atoms with Crippen LogP contribution in [0.5, 0.6) is 0 Å². The summed E-state index contributed by atoms with van der Waals surface area (Å²) in [4.78, 5) is 2.21. The van der Waals surface area contributed by atoms with E-state index in [4.69, 9.17) is 0 Å². The largest absolute Gasteiger partial charge is 0.300 e. The molecule has 0 heterocycles. The third-order valence-electron chi connectivity index (χ3n) is 2.08. The minimum absolute atomic E-state index is 0.262. The van der Waals surface area contributed by atoms with Crippen molar-refractivity contribution in [2.24, 2.45) is 5.92 Å². The highest BCUT2D eigenvalue weighted by molar-refractivity contribution is 7.90. The molecule has 0 N–H and O–H groups in total. The van der Waals surface area contributed by atoms with Crippen molar-refractivity contribution in [1.82, 2.24) is 4.90 Å². The molecule has 86 valence electrons. The van der Waals surface area contributed by atoms with Crippen molar-refractivity contribution in [3.63, 3.8) is 0 Å². The monoisotopic (exact) mass is 221 g/mol. The van der Waals surface area contributed by atoms with Crippen LogP contribution in [0.25, 0.3) is 0 Å². The van der Waals surface area contributed by atoms with Crippen LogP contribution in [0.4, 0.5) is 0 Å². The zero-order valence-corrected chi connectivity index (χ0v) is 10.8. The molecule has 0 saturated heterocycles. The topological polar surface area (TPSA) is 37.4 Å². The summed E-state index contributed by atoms with van der Waals surface area (Å²) in [5.41, 5.74) is 0. The summed E-state index contributed by atoms with van der Waals surface area (Å²) in [6, 6.07) is 0.416. The summed E-state index contributed by atoms with van der Waals surface area (Å²) < 4.78 is 22.0. The average molecular weight is 221 g/mol. The standard InChI is InChI=1S/C10H23NO2S/c1-9(2)8-11(10(3)4)6-7-14(5,12)13/h9-10H,6-8H2,1-5H3. The van der Waals surface area contributed by atoms with Gasteiger partial charge in [-0.15, -0.1) is 0 Å². The van der Waals surface area contributed by atoms with Crippen LogP contribution in [0.1, 0.15) is 27.7 Å². The van der Waals surface area contributed by atoms with Crippen LogP contribution in [-0.2, 0) is 9.84 Å². The first-order valence-corrected chi connectivity index (χ1v) is 7.20. The first-order valence-electron chi connectivity index (χ1n) is 5.14. The van der Waals surface area contributed by atoms with Crippen molar-refractivity contribution in [3.05, 3.63) is 0 Å². The number of sulfone groups is 1. The van der Waals surface area contributed by atoms with Gasteiger partial charge in [0.2, 0.25) is 0 Å². The molecule has 0 spiro atoms. The summed E-state index contributed by atoms with van der Waals surface area (Å²) in [7, 11) is -2.83. The van der Waals surface area contributed by atoms with E-state index in [2.05, 4.69) is 32.6 Å². The molecule has 14 heavy (non-hydrogen) atoms. The lowest BCUT2D eigenvalue weighted by atomic mass is 10.2. The van der Waals surface area contributed by atoms with Gasteiger partial charge in [-0.05, 0) is 19.8 Å². The number of nitrogens with zero attached hydrogens (tertiary/aromatic N) is 1. The van der Waals surface area contributed by atoms with Gasteiger partial charge in [-0.3, -0.25) is 4.90 Å². The first-order chi connectivity index (χ1) is 6.22. The summed E-state index contributed by atoms with van der Waals surface area (Å²) in [5.74, 6) is 0.842. The second kappa shape index (κ2) is 5.71. The van der Waals surface area contributed by atoms with Gasteiger partial charge in [0, 0.05) is 25.4 Å². The molecule has 4 heteroatoms. The molecule has 3 nitrogen and oxygen atoms in total. The Morgan fingerprint density at radius 2 is 1.64 bits per heavy atom. The average Bonchev–Trinajstić information content (AvgIpc) is 1.94. The van der Waals surface area contributed by atoms with Gasteiger partial charge in [-0.1, -0.05) is 13.8 Å². The van der Waals surface area contributed by atoms with E-state index in [1.54, 1.807) is 0 Å². The zero-order chi connectivity index (χ0) is 11.4. The van der Waals surface area contributed by atoms with Gasteiger partial charge in [0.1, 0.15) is 9.84 Å². The quantitative estimate of drug-likeness (QED) is 0.680.